The van der Waals surface area contributed by atoms with Crippen LogP contribution < -0.4 is 15.5 Å². The lowest BCUT2D eigenvalue weighted by molar-refractivity contribution is 0.0689. The molecule has 0 saturated heterocycles. The average Bonchev–Trinajstić information content (AvgIpc) is 3.03. The van der Waals surface area contributed by atoms with Crippen molar-refractivity contribution in [3.8, 4) is 5.75 Å². The number of thiazole rings is 1. The highest BCUT2D eigenvalue weighted by Gasteiger charge is 2.16. The summed E-state index contributed by atoms with van der Waals surface area (Å²) in [6.07, 6.45) is 0. The van der Waals surface area contributed by atoms with Gasteiger partial charge in [-0.05, 0) is 24.3 Å². The molecule has 0 spiro atoms. The molecule has 0 aliphatic heterocycles. The lowest BCUT2D eigenvalue weighted by Gasteiger charge is -2.06. The summed E-state index contributed by atoms with van der Waals surface area (Å²) in [5.74, 6) is -1.80. The molecule has 3 aromatic rings. The number of benzene rings is 1. The minimum absolute atomic E-state index is 0.139. The number of fused-ring (bicyclic) bond motifs is 1. The third-order valence-electron chi connectivity index (χ3n) is 3.05. The Morgan fingerprint density at radius 2 is 1.88 bits per heavy atom. The largest absolute Gasteiger partial charge is 0.477 e. The quantitative estimate of drug-likeness (QED) is 0.534. The van der Waals surface area contributed by atoms with Gasteiger partial charge in [-0.3, -0.25) is 4.79 Å². The number of hydrogen-bond acceptors (Lipinski definition) is 8. The van der Waals surface area contributed by atoms with Gasteiger partial charge in [-0.25, -0.2) is 28.3 Å². The van der Waals surface area contributed by atoms with Gasteiger partial charge in [-0.2, -0.15) is 5.48 Å². The summed E-state index contributed by atoms with van der Waals surface area (Å²) in [4.78, 5) is 35.6. The van der Waals surface area contributed by atoms with Gasteiger partial charge in [0.05, 0.1) is 10.2 Å². The van der Waals surface area contributed by atoms with Crippen molar-refractivity contribution in [2.75, 3.05) is 0 Å². The van der Waals surface area contributed by atoms with Crippen LogP contribution in [0, 0.1) is 0 Å². The highest BCUT2D eigenvalue weighted by molar-refractivity contribution is 7.91. The smallest absolute Gasteiger partial charge is 0.354 e. The van der Waals surface area contributed by atoms with E-state index in [1.54, 1.807) is 0 Å². The predicted molar refractivity (Wildman–Crippen MR) is 90.3 cm³/mol. The molecule has 3 rings (SSSR count). The zero-order valence-electron chi connectivity index (χ0n) is 12.7. The second kappa shape index (κ2) is 6.67. The molecule has 1 aromatic carbocycles. The van der Waals surface area contributed by atoms with Crippen LogP contribution in [-0.4, -0.2) is 35.4 Å². The zero-order chi connectivity index (χ0) is 18.9. The first-order chi connectivity index (χ1) is 12.2. The van der Waals surface area contributed by atoms with Gasteiger partial charge in [0.15, 0.2) is 5.75 Å². The number of nitrogens with zero attached hydrogens (tertiary/aromatic N) is 2. The molecule has 0 bridgehead atoms. The molecule has 0 unspecified atom stereocenters. The first kappa shape index (κ1) is 17.7. The number of primary sulfonamides is 1. The van der Waals surface area contributed by atoms with Gasteiger partial charge in [0.2, 0.25) is 4.34 Å². The van der Waals surface area contributed by atoms with Gasteiger partial charge in [-0.15, -0.1) is 11.3 Å². The van der Waals surface area contributed by atoms with E-state index < -0.39 is 21.9 Å². The molecule has 0 saturated carbocycles. The Hall–Kier alpha value is -3.09. The zero-order valence-corrected chi connectivity index (χ0v) is 14.4. The third kappa shape index (κ3) is 3.77. The van der Waals surface area contributed by atoms with E-state index in [1.165, 1.54) is 36.4 Å². The van der Waals surface area contributed by atoms with Crippen LogP contribution in [0.4, 0.5) is 0 Å². The number of carboxylic acids is 1. The number of amides is 1. The van der Waals surface area contributed by atoms with E-state index >= 15 is 0 Å². The van der Waals surface area contributed by atoms with Gasteiger partial charge in [-0.1, -0.05) is 6.07 Å². The molecular weight excluding hydrogens is 384 g/mol. The molecule has 0 fully saturated rings. The van der Waals surface area contributed by atoms with Crippen LogP contribution in [0.3, 0.4) is 0 Å². The molecule has 26 heavy (non-hydrogen) atoms. The predicted octanol–water partition coefficient (Wildman–Crippen LogP) is 0.761. The number of hydroxylamine groups is 1. The van der Waals surface area contributed by atoms with Gasteiger partial charge in [0, 0.05) is 6.07 Å². The maximum atomic E-state index is 12.0. The number of hydrogen-bond donors (Lipinski definition) is 3. The van der Waals surface area contributed by atoms with Crippen LogP contribution in [0.5, 0.6) is 5.75 Å². The Balaban J connectivity index is 1.76. The molecule has 4 N–H and O–H groups in total. The number of nitrogens with two attached hydrogens (primary N) is 1. The number of carboxylic acid groups (broad SMARTS) is 1. The fourth-order valence-corrected chi connectivity index (χ4v) is 3.59. The van der Waals surface area contributed by atoms with E-state index in [4.69, 9.17) is 15.1 Å². The molecule has 10 nitrogen and oxygen atoms in total. The van der Waals surface area contributed by atoms with Crippen LogP contribution in [0.25, 0.3) is 10.2 Å². The molecule has 1 amide bonds. The van der Waals surface area contributed by atoms with Gasteiger partial charge >= 0.3 is 11.9 Å². The van der Waals surface area contributed by atoms with Crippen molar-refractivity contribution in [2.24, 2.45) is 5.14 Å². The number of rotatable bonds is 5. The molecular formula is C14H10N4O6S2. The Labute approximate surface area is 150 Å². The van der Waals surface area contributed by atoms with Gasteiger partial charge < -0.3 is 9.94 Å². The van der Waals surface area contributed by atoms with Crippen LogP contribution in [-0.2, 0) is 10.0 Å². The Morgan fingerprint density at radius 3 is 2.58 bits per heavy atom. The van der Waals surface area contributed by atoms with E-state index in [-0.39, 0.29) is 21.5 Å². The lowest BCUT2D eigenvalue weighted by Crippen LogP contribution is -2.28. The van der Waals surface area contributed by atoms with Crippen LogP contribution in [0.15, 0.2) is 40.7 Å². The normalized spacial score (nSPS) is 11.3. The van der Waals surface area contributed by atoms with Crippen molar-refractivity contribution in [1.29, 1.82) is 0 Å². The van der Waals surface area contributed by atoms with Gasteiger partial charge in [0.25, 0.3) is 10.0 Å². The third-order valence-corrected chi connectivity index (χ3v) is 5.38. The highest BCUT2D eigenvalue weighted by Crippen LogP contribution is 2.27. The second-order valence-corrected chi connectivity index (χ2v) is 7.67. The number of nitrogens with one attached hydrogen (secondary N) is 1. The summed E-state index contributed by atoms with van der Waals surface area (Å²) in [5.41, 5.74) is 2.12. The van der Waals surface area contributed by atoms with Crippen LogP contribution in [0.2, 0.25) is 0 Å². The molecule has 0 radical (unpaired) electrons. The fourth-order valence-electron chi connectivity index (χ4n) is 1.91. The number of aromatic nitrogens is 2. The maximum absolute atomic E-state index is 12.0. The fraction of sp³-hybridized carbons (Fsp3) is 0. The average molecular weight is 394 g/mol. The molecule has 2 aromatic heterocycles. The highest BCUT2D eigenvalue weighted by atomic mass is 32.2. The topological polar surface area (TPSA) is 162 Å². The Morgan fingerprint density at radius 1 is 1.15 bits per heavy atom. The lowest BCUT2D eigenvalue weighted by atomic mass is 10.3. The van der Waals surface area contributed by atoms with E-state index in [0.717, 1.165) is 11.3 Å². The van der Waals surface area contributed by atoms with Crippen LogP contribution in [0.1, 0.15) is 21.0 Å². The summed E-state index contributed by atoms with van der Waals surface area (Å²) >= 11 is 0.860. The van der Waals surface area contributed by atoms with E-state index in [9.17, 15) is 18.0 Å². The first-order valence-electron chi connectivity index (χ1n) is 6.85. The van der Waals surface area contributed by atoms with Crippen molar-refractivity contribution in [2.45, 2.75) is 4.34 Å². The van der Waals surface area contributed by atoms with Gasteiger partial charge in [0.1, 0.15) is 11.4 Å². The number of pyridine rings is 1. The summed E-state index contributed by atoms with van der Waals surface area (Å²) in [7, 11) is -3.91. The summed E-state index contributed by atoms with van der Waals surface area (Å²) in [6.45, 7) is 0. The number of carbonyl (C=O) groups excluding carboxylic acids is 1. The molecule has 0 aliphatic carbocycles. The van der Waals surface area contributed by atoms with Crippen molar-refractivity contribution in [3.05, 3.63) is 47.8 Å². The molecule has 2 heterocycles. The van der Waals surface area contributed by atoms with Crippen molar-refractivity contribution >= 4 is 43.5 Å². The standard InChI is InChI=1S/C14H10N4O6S2/c15-26(22,23)14-17-8-5-4-7(6-11(8)25-14)24-18-12(19)9-2-1-3-10(16-9)13(20)21/h1-6H,(H,18,19)(H,20,21)(H2,15,22,23). The van der Waals surface area contributed by atoms with Crippen molar-refractivity contribution in [1.82, 2.24) is 15.4 Å². The van der Waals surface area contributed by atoms with E-state index in [2.05, 4.69) is 15.4 Å². The summed E-state index contributed by atoms with van der Waals surface area (Å²) in [5, 5.41) is 13.9. The SMILES string of the molecule is NS(=O)(=O)c1nc2ccc(ONC(=O)c3cccc(C(=O)O)n3)cc2s1. The number of aromatic carboxylic acids is 1. The molecule has 0 atom stereocenters. The van der Waals surface area contributed by atoms with Crippen LogP contribution >= 0.6 is 11.3 Å². The maximum Gasteiger partial charge on any atom is 0.354 e. The summed E-state index contributed by atoms with van der Waals surface area (Å²) in [6, 6.07) is 8.41. The molecule has 134 valence electrons. The molecule has 12 heteroatoms. The Bertz CT molecular complexity index is 1130. The van der Waals surface area contributed by atoms with E-state index in [1.807, 2.05) is 0 Å². The van der Waals surface area contributed by atoms with Crippen molar-refractivity contribution in [3.63, 3.8) is 0 Å². The second-order valence-electron chi connectivity index (χ2n) is 4.90. The summed E-state index contributed by atoms with van der Waals surface area (Å²) < 4.78 is 22.9. The number of sulfonamides is 1. The number of carbonyl (C=O) groups is 2. The first-order valence-corrected chi connectivity index (χ1v) is 9.21. The Kier molecular flexibility index (Phi) is 4.54. The van der Waals surface area contributed by atoms with Crippen molar-refractivity contribution < 1.29 is 28.0 Å². The van der Waals surface area contributed by atoms with E-state index in [0.29, 0.717) is 10.2 Å². The molecule has 0 aliphatic rings. The monoisotopic (exact) mass is 394 g/mol. The minimum Gasteiger partial charge on any atom is -0.477 e. The minimum atomic E-state index is -3.91.